The number of imidazole rings is 1. The molecule has 0 saturated carbocycles. The minimum absolute atomic E-state index is 0.158. The van der Waals surface area contributed by atoms with Gasteiger partial charge in [-0.05, 0) is 36.5 Å². The topological polar surface area (TPSA) is 29.9 Å². The zero-order chi connectivity index (χ0) is 14.3. The molecule has 0 aliphatic rings. The van der Waals surface area contributed by atoms with Crippen LogP contribution in [0.1, 0.15) is 0 Å². The van der Waals surface area contributed by atoms with E-state index in [2.05, 4.69) is 4.98 Å². The first-order valence-corrected chi connectivity index (χ1v) is 6.63. The van der Waals surface area contributed by atoms with Gasteiger partial charge in [-0.15, -0.1) is 0 Å². The van der Waals surface area contributed by atoms with Crippen LogP contribution in [0.5, 0.6) is 5.75 Å². The maximum Gasteiger partial charge on any atom is 0.182 e. The fourth-order valence-corrected chi connectivity index (χ4v) is 2.72. The lowest BCUT2D eigenvalue weighted by Crippen LogP contribution is -1.97. The molecule has 1 aromatic heterocycles. The van der Waals surface area contributed by atoms with Gasteiger partial charge in [-0.25, -0.2) is 4.39 Å². The van der Waals surface area contributed by atoms with Crippen LogP contribution in [0.25, 0.3) is 16.7 Å². The Morgan fingerprint density at radius 1 is 1.30 bits per heavy atom. The number of nitrogens with one attached hydrogen (secondary N) is 1. The van der Waals surface area contributed by atoms with Crippen molar-refractivity contribution in [2.75, 3.05) is 7.11 Å². The molecule has 0 saturated heterocycles. The van der Waals surface area contributed by atoms with E-state index in [0.29, 0.717) is 15.5 Å². The molecule has 3 rings (SSSR count). The molecule has 0 bridgehead atoms. The molecule has 20 heavy (non-hydrogen) atoms. The Kier molecular flexibility index (Phi) is 3.23. The number of benzene rings is 2. The summed E-state index contributed by atoms with van der Waals surface area (Å²) in [6.07, 6.45) is 0. The number of ether oxygens (including phenoxy) is 1. The summed E-state index contributed by atoms with van der Waals surface area (Å²) < 4.78 is 20.8. The Labute approximate surface area is 124 Å². The monoisotopic (exact) mass is 308 g/mol. The second-order valence-electron chi connectivity index (χ2n) is 4.22. The zero-order valence-corrected chi connectivity index (χ0v) is 12.1. The second-order valence-corrected chi connectivity index (χ2v) is 5.01. The number of halogens is 2. The number of rotatable bonds is 2. The molecule has 1 heterocycles. The Morgan fingerprint density at radius 3 is 2.85 bits per heavy atom. The van der Waals surface area contributed by atoms with Crippen LogP contribution in [0.15, 0.2) is 36.4 Å². The van der Waals surface area contributed by atoms with Crippen LogP contribution in [-0.2, 0) is 0 Å². The van der Waals surface area contributed by atoms with Crippen molar-refractivity contribution in [1.82, 2.24) is 9.55 Å². The number of hydrogen-bond donors (Lipinski definition) is 1. The quantitative estimate of drug-likeness (QED) is 0.707. The molecular weight excluding hydrogens is 299 g/mol. The Bertz CT molecular complexity index is 856. The van der Waals surface area contributed by atoms with Crippen molar-refractivity contribution in [2.45, 2.75) is 0 Å². The van der Waals surface area contributed by atoms with E-state index in [9.17, 15) is 4.39 Å². The van der Waals surface area contributed by atoms with Crippen molar-refractivity contribution in [2.24, 2.45) is 0 Å². The van der Waals surface area contributed by atoms with Crippen LogP contribution in [-0.4, -0.2) is 16.7 Å². The van der Waals surface area contributed by atoms with Crippen molar-refractivity contribution < 1.29 is 9.13 Å². The lowest BCUT2D eigenvalue weighted by molar-refractivity contribution is 0.386. The van der Waals surface area contributed by atoms with Gasteiger partial charge >= 0.3 is 0 Å². The maximum atomic E-state index is 13.5. The Morgan fingerprint density at radius 2 is 2.10 bits per heavy atom. The maximum absolute atomic E-state index is 13.5. The average Bonchev–Trinajstić information content (AvgIpc) is 2.77. The van der Waals surface area contributed by atoms with E-state index in [0.717, 1.165) is 11.0 Å². The predicted octanol–water partition coefficient (Wildman–Crippen LogP) is 4.49. The largest absolute Gasteiger partial charge is 0.494 e. The minimum atomic E-state index is -0.422. The summed E-state index contributed by atoms with van der Waals surface area (Å²) in [4.78, 5) is 3.08. The molecule has 0 unspecified atom stereocenters. The number of hydrogen-bond acceptors (Lipinski definition) is 2. The highest BCUT2D eigenvalue weighted by molar-refractivity contribution is 7.71. The molecule has 102 valence electrons. The normalized spacial score (nSPS) is 10.9. The summed E-state index contributed by atoms with van der Waals surface area (Å²) in [7, 11) is 1.42. The predicted molar refractivity (Wildman–Crippen MR) is 80.0 cm³/mol. The number of aromatic nitrogens is 2. The molecule has 0 atom stereocenters. The third-order valence-electron chi connectivity index (χ3n) is 3.05. The van der Waals surface area contributed by atoms with Gasteiger partial charge in [0.2, 0.25) is 0 Å². The molecule has 0 amide bonds. The lowest BCUT2D eigenvalue weighted by Gasteiger charge is -2.08. The zero-order valence-electron chi connectivity index (χ0n) is 10.5. The smallest absolute Gasteiger partial charge is 0.182 e. The number of fused-ring (bicyclic) bond motifs is 1. The van der Waals surface area contributed by atoms with Crippen molar-refractivity contribution in [3.63, 3.8) is 0 Å². The minimum Gasteiger partial charge on any atom is -0.494 e. The number of aromatic amines is 1. The summed E-state index contributed by atoms with van der Waals surface area (Å²) >= 11 is 11.6. The second kappa shape index (κ2) is 4.92. The fourth-order valence-electron chi connectivity index (χ4n) is 2.15. The van der Waals surface area contributed by atoms with Crippen LogP contribution < -0.4 is 4.74 Å². The Balaban J connectivity index is 2.35. The standard InChI is InChI=1S/C14H10ClFN2OS/c1-19-12-7-8(5-6-10(12)16)18-13-9(15)3-2-4-11(13)17-14(18)20/h2-7H,1H3,(H,17,20). The van der Waals surface area contributed by atoms with Crippen molar-refractivity contribution >= 4 is 34.9 Å². The average molecular weight is 309 g/mol. The van der Waals surface area contributed by atoms with E-state index in [1.54, 1.807) is 22.8 Å². The van der Waals surface area contributed by atoms with Crippen molar-refractivity contribution in [3.05, 3.63) is 52.0 Å². The molecule has 3 nitrogen and oxygen atoms in total. The highest BCUT2D eigenvalue weighted by Crippen LogP contribution is 2.28. The van der Waals surface area contributed by atoms with E-state index in [1.807, 2.05) is 12.1 Å². The van der Waals surface area contributed by atoms with E-state index in [4.69, 9.17) is 28.6 Å². The molecule has 0 spiro atoms. The van der Waals surface area contributed by atoms with Gasteiger partial charge in [0.25, 0.3) is 0 Å². The highest BCUT2D eigenvalue weighted by atomic mass is 35.5. The third kappa shape index (κ3) is 1.99. The SMILES string of the molecule is COc1cc(-n2c(=S)[nH]c3cccc(Cl)c32)ccc1F. The summed E-state index contributed by atoms with van der Waals surface area (Å²) in [5.41, 5.74) is 2.27. The molecule has 3 aromatic rings. The number of para-hydroxylation sites is 1. The summed E-state index contributed by atoms with van der Waals surface area (Å²) in [6.45, 7) is 0. The third-order valence-corrected chi connectivity index (χ3v) is 3.64. The molecule has 1 N–H and O–H groups in total. The van der Waals surface area contributed by atoms with Crippen LogP contribution in [0.4, 0.5) is 4.39 Å². The first-order chi connectivity index (χ1) is 9.61. The fraction of sp³-hybridized carbons (Fsp3) is 0.0714. The van der Waals surface area contributed by atoms with E-state index >= 15 is 0 Å². The molecule has 0 radical (unpaired) electrons. The van der Waals surface area contributed by atoms with Gasteiger partial charge in [-0.2, -0.15) is 0 Å². The van der Waals surface area contributed by atoms with E-state index in [1.165, 1.54) is 13.2 Å². The first kappa shape index (κ1) is 13.1. The molecule has 6 heteroatoms. The summed E-state index contributed by atoms with van der Waals surface area (Å²) in [5.74, 6) is -0.264. The van der Waals surface area contributed by atoms with Crippen molar-refractivity contribution in [3.8, 4) is 11.4 Å². The summed E-state index contributed by atoms with van der Waals surface area (Å²) in [5, 5.41) is 0.568. The number of nitrogens with zero attached hydrogens (tertiary/aromatic N) is 1. The van der Waals surface area contributed by atoms with Gasteiger partial charge in [0.05, 0.1) is 28.9 Å². The molecular formula is C14H10ClFN2OS. The van der Waals surface area contributed by atoms with Gasteiger partial charge in [-0.3, -0.25) is 4.57 Å². The highest BCUT2D eigenvalue weighted by Gasteiger charge is 2.12. The van der Waals surface area contributed by atoms with Gasteiger partial charge in [0.15, 0.2) is 16.3 Å². The molecule has 0 aliphatic heterocycles. The number of H-pyrrole nitrogens is 1. The lowest BCUT2D eigenvalue weighted by atomic mass is 10.2. The van der Waals surface area contributed by atoms with E-state index < -0.39 is 5.82 Å². The molecule has 2 aromatic carbocycles. The van der Waals surface area contributed by atoms with Crippen LogP contribution in [0.2, 0.25) is 5.02 Å². The van der Waals surface area contributed by atoms with Crippen molar-refractivity contribution in [1.29, 1.82) is 0 Å². The molecule has 0 aliphatic carbocycles. The van der Waals surface area contributed by atoms with Gasteiger partial charge in [0.1, 0.15) is 0 Å². The van der Waals surface area contributed by atoms with Gasteiger partial charge < -0.3 is 9.72 Å². The first-order valence-electron chi connectivity index (χ1n) is 5.85. The Hall–Kier alpha value is -1.85. The van der Waals surface area contributed by atoms with Crippen LogP contribution >= 0.6 is 23.8 Å². The van der Waals surface area contributed by atoms with Gasteiger partial charge in [-0.1, -0.05) is 17.7 Å². The van der Waals surface area contributed by atoms with Crippen LogP contribution in [0.3, 0.4) is 0 Å². The number of methoxy groups -OCH3 is 1. The van der Waals surface area contributed by atoms with Gasteiger partial charge in [0, 0.05) is 6.07 Å². The van der Waals surface area contributed by atoms with Crippen LogP contribution in [0, 0.1) is 10.6 Å². The molecule has 0 fully saturated rings. The van der Waals surface area contributed by atoms with E-state index in [-0.39, 0.29) is 5.75 Å². The summed E-state index contributed by atoms with van der Waals surface area (Å²) in [6, 6.07) is 10.1.